The van der Waals surface area contributed by atoms with Crippen LogP contribution in [-0.2, 0) is 17.7 Å². The molecule has 1 N–H and O–H groups in total. The second-order valence-electron chi connectivity index (χ2n) is 8.36. The molecule has 0 unspecified atom stereocenters. The Morgan fingerprint density at radius 3 is 2.69 bits per heavy atom. The van der Waals surface area contributed by atoms with Crippen LogP contribution in [0, 0.1) is 11.6 Å². The summed E-state index contributed by atoms with van der Waals surface area (Å²) in [6.45, 7) is 5.59. The van der Waals surface area contributed by atoms with E-state index in [4.69, 9.17) is 14.6 Å². The number of rotatable bonds is 9. The van der Waals surface area contributed by atoms with Crippen LogP contribution in [0.25, 0.3) is 5.69 Å². The van der Waals surface area contributed by atoms with Crippen LogP contribution in [0.3, 0.4) is 0 Å². The van der Waals surface area contributed by atoms with Crippen molar-refractivity contribution >= 4 is 6.03 Å². The first-order chi connectivity index (χ1) is 17.0. The van der Waals surface area contributed by atoms with E-state index in [-0.39, 0.29) is 30.3 Å². The summed E-state index contributed by atoms with van der Waals surface area (Å²) in [5.74, 6) is -1.37. The maximum absolute atomic E-state index is 14.6. The summed E-state index contributed by atoms with van der Waals surface area (Å²) in [5.41, 5.74) is 2.09. The number of urea groups is 1. The molecule has 1 aliphatic rings. The molecule has 0 radical (unpaired) electrons. The third kappa shape index (κ3) is 5.79. The highest BCUT2D eigenvalue weighted by Gasteiger charge is 2.28. The summed E-state index contributed by atoms with van der Waals surface area (Å²) >= 11 is 0. The predicted molar refractivity (Wildman–Crippen MR) is 128 cm³/mol. The van der Waals surface area contributed by atoms with Gasteiger partial charge in [-0.2, -0.15) is 5.10 Å². The average molecular weight is 485 g/mol. The SMILES string of the molecule is CCNC(=O)N(Cc1c(CC)nn(-c2ccccc2)c1Oc1ccc(F)cc1F)C[C@@H]1CCCO1. The molecule has 3 aromatic rings. The Morgan fingerprint density at radius 1 is 1.23 bits per heavy atom. The Bertz CT molecular complexity index is 1150. The fourth-order valence-corrected chi connectivity index (χ4v) is 4.14. The first kappa shape index (κ1) is 24.7. The zero-order valence-corrected chi connectivity index (χ0v) is 20.0. The molecule has 2 amide bonds. The van der Waals surface area contributed by atoms with Crippen LogP contribution in [0.1, 0.15) is 37.9 Å². The summed E-state index contributed by atoms with van der Waals surface area (Å²) in [4.78, 5) is 14.6. The number of aromatic nitrogens is 2. The number of ether oxygens (including phenoxy) is 2. The maximum atomic E-state index is 14.6. The molecule has 0 spiro atoms. The summed E-state index contributed by atoms with van der Waals surface area (Å²) in [6.07, 6.45) is 2.36. The predicted octanol–water partition coefficient (Wildman–Crippen LogP) is 5.22. The van der Waals surface area contributed by atoms with Crippen molar-refractivity contribution in [3.63, 3.8) is 0 Å². The highest BCUT2D eigenvalue weighted by molar-refractivity contribution is 5.74. The number of carbonyl (C=O) groups is 1. The molecule has 0 saturated carbocycles. The van der Waals surface area contributed by atoms with Gasteiger partial charge in [0.05, 0.1) is 29.6 Å². The van der Waals surface area contributed by atoms with E-state index in [1.807, 2.05) is 44.2 Å². The van der Waals surface area contributed by atoms with Gasteiger partial charge in [0.15, 0.2) is 11.6 Å². The van der Waals surface area contributed by atoms with Gasteiger partial charge in [0, 0.05) is 25.8 Å². The molecule has 0 aliphatic carbocycles. The number of carbonyl (C=O) groups excluding carboxylic acids is 1. The fourth-order valence-electron chi connectivity index (χ4n) is 4.14. The Balaban J connectivity index is 1.77. The zero-order valence-electron chi connectivity index (χ0n) is 20.0. The Morgan fingerprint density at radius 2 is 2.03 bits per heavy atom. The van der Waals surface area contributed by atoms with Crippen molar-refractivity contribution in [1.82, 2.24) is 20.0 Å². The van der Waals surface area contributed by atoms with Gasteiger partial charge in [-0.05, 0) is 50.5 Å². The summed E-state index contributed by atoms with van der Waals surface area (Å²) in [7, 11) is 0. The Labute approximate surface area is 203 Å². The van der Waals surface area contributed by atoms with Gasteiger partial charge in [0.25, 0.3) is 0 Å². The van der Waals surface area contributed by atoms with Crippen LogP contribution >= 0.6 is 0 Å². The molecule has 4 rings (SSSR count). The normalized spacial score (nSPS) is 15.3. The molecule has 1 aromatic heterocycles. The van der Waals surface area contributed by atoms with Crippen molar-refractivity contribution in [3.8, 4) is 17.3 Å². The molecule has 2 aromatic carbocycles. The molecule has 1 fully saturated rings. The van der Waals surface area contributed by atoms with Crippen LogP contribution < -0.4 is 10.1 Å². The van der Waals surface area contributed by atoms with E-state index in [0.717, 1.165) is 30.7 Å². The molecule has 186 valence electrons. The van der Waals surface area contributed by atoms with Gasteiger partial charge in [0.1, 0.15) is 5.82 Å². The van der Waals surface area contributed by atoms with Crippen LogP contribution in [0.4, 0.5) is 13.6 Å². The Hall–Kier alpha value is -3.46. The van der Waals surface area contributed by atoms with E-state index < -0.39 is 11.6 Å². The lowest BCUT2D eigenvalue weighted by Gasteiger charge is -2.26. The smallest absolute Gasteiger partial charge is 0.317 e. The number of amides is 2. The lowest BCUT2D eigenvalue weighted by atomic mass is 10.1. The largest absolute Gasteiger partial charge is 0.435 e. The van der Waals surface area contributed by atoms with Crippen molar-refractivity contribution in [2.45, 2.75) is 45.8 Å². The van der Waals surface area contributed by atoms with Gasteiger partial charge >= 0.3 is 6.03 Å². The average Bonchev–Trinajstić information content (AvgIpc) is 3.49. The van der Waals surface area contributed by atoms with Gasteiger partial charge in [-0.3, -0.25) is 0 Å². The number of nitrogens with zero attached hydrogens (tertiary/aromatic N) is 3. The molecule has 1 saturated heterocycles. The second kappa shape index (κ2) is 11.3. The third-order valence-electron chi connectivity index (χ3n) is 5.87. The molecule has 35 heavy (non-hydrogen) atoms. The molecule has 9 heteroatoms. The monoisotopic (exact) mass is 484 g/mol. The highest BCUT2D eigenvalue weighted by Crippen LogP contribution is 2.34. The van der Waals surface area contributed by atoms with E-state index in [9.17, 15) is 13.6 Å². The first-order valence-corrected chi connectivity index (χ1v) is 11.9. The standard InChI is InChI=1S/C26H30F2N4O3/c1-3-23-21(17-31(26(33)29-4-2)16-20-11-8-14-34-20)25(32(30-23)19-9-6-5-7-10-19)35-24-13-12-18(27)15-22(24)28/h5-7,9-10,12-13,15,20H,3-4,8,11,14,16-17H2,1-2H3,(H,29,33)/t20-/m0/s1. The minimum atomic E-state index is -0.824. The maximum Gasteiger partial charge on any atom is 0.317 e. The van der Waals surface area contributed by atoms with Crippen LogP contribution in [0.15, 0.2) is 48.5 Å². The fraction of sp³-hybridized carbons (Fsp3) is 0.385. The number of hydrogen-bond donors (Lipinski definition) is 1. The van der Waals surface area contributed by atoms with Crippen molar-refractivity contribution in [2.24, 2.45) is 0 Å². The second-order valence-corrected chi connectivity index (χ2v) is 8.36. The minimum absolute atomic E-state index is 0.0502. The molecular formula is C26H30F2N4O3. The van der Waals surface area contributed by atoms with Crippen LogP contribution in [0.2, 0.25) is 0 Å². The molecule has 7 nitrogen and oxygen atoms in total. The zero-order chi connectivity index (χ0) is 24.8. The molecule has 1 atom stereocenters. The van der Waals surface area contributed by atoms with Crippen molar-refractivity contribution < 1.29 is 23.0 Å². The highest BCUT2D eigenvalue weighted by atomic mass is 19.1. The first-order valence-electron chi connectivity index (χ1n) is 11.9. The third-order valence-corrected chi connectivity index (χ3v) is 5.87. The van der Waals surface area contributed by atoms with Crippen LogP contribution in [-0.4, -0.2) is 46.5 Å². The summed E-state index contributed by atoms with van der Waals surface area (Å²) in [5, 5.41) is 7.60. The minimum Gasteiger partial charge on any atom is -0.435 e. The van der Waals surface area contributed by atoms with Gasteiger partial charge in [-0.1, -0.05) is 25.1 Å². The van der Waals surface area contributed by atoms with E-state index in [1.54, 1.807) is 9.58 Å². The van der Waals surface area contributed by atoms with Gasteiger partial charge in [-0.15, -0.1) is 0 Å². The van der Waals surface area contributed by atoms with Crippen molar-refractivity contribution in [2.75, 3.05) is 19.7 Å². The van der Waals surface area contributed by atoms with E-state index in [0.29, 0.717) is 37.4 Å². The summed E-state index contributed by atoms with van der Waals surface area (Å²) in [6, 6.07) is 12.3. The quantitative estimate of drug-likeness (QED) is 0.452. The number of para-hydroxylation sites is 1. The van der Waals surface area contributed by atoms with Crippen molar-refractivity contribution in [3.05, 3.63) is 71.4 Å². The molecule has 1 aliphatic heterocycles. The molecule has 2 heterocycles. The van der Waals surface area contributed by atoms with E-state index in [2.05, 4.69) is 5.32 Å². The van der Waals surface area contributed by atoms with Crippen LogP contribution in [0.5, 0.6) is 11.6 Å². The lowest BCUT2D eigenvalue weighted by Crippen LogP contribution is -2.43. The van der Waals surface area contributed by atoms with E-state index in [1.165, 1.54) is 6.07 Å². The summed E-state index contributed by atoms with van der Waals surface area (Å²) < 4.78 is 41.5. The molecule has 0 bridgehead atoms. The van der Waals surface area contributed by atoms with Gasteiger partial charge in [0.2, 0.25) is 5.88 Å². The number of halogens is 2. The van der Waals surface area contributed by atoms with Gasteiger partial charge in [-0.25, -0.2) is 18.3 Å². The number of hydrogen-bond acceptors (Lipinski definition) is 4. The van der Waals surface area contributed by atoms with E-state index >= 15 is 0 Å². The number of benzene rings is 2. The number of nitrogens with one attached hydrogen (secondary N) is 1. The topological polar surface area (TPSA) is 68.6 Å². The Kier molecular flexibility index (Phi) is 7.97. The lowest BCUT2D eigenvalue weighted by molar-refractivity contribution is 0.0793. The molecular weight excluding hydrogens is 454 g/mol. The van der Waals surface area contributed by atoms with Crippen molar-refractivity contribution in [1.29, 1.82) is 0 Å². The van der Waals surface area contributed by atoms with Gasteiger partial charge < -0.3 is 19.7 Å². The number of aryl methyl sites for hydroxylation is 1.